The zero-order chi connectivity index (χ0) is 25.4. The minimum atomic E-state index is -4.52. The predicted octanol–water partition coefficient (Wildman–Crippen LogP) is 5.66. The fraction of sp³-hybridized carbons (Fsp3) is 0.269. The number of anilines is 2. The van der Waals surface area contributed by atoms with Crippen molar-refractivity contribution in [2.75, 3.05) is 10.6 Å². The van der Waals surface area contributed by atoms with Crippen LogP contribution in [0.25, 0.3) is 0 Å². The topological polar surface area (TPSA) is 76.8 Å². The van der Waals surface area contributed by atoms with Crippen LogP contribution in [0.2, 0.25) is 0 Å². The molecule has 36 heavy (non-hydrogen) atoms. The molecule has 7 nitrogen and oxygen atoms in total. The molecule has 1 amide bonds. The molecule has 2 unspecified atom stereocenters. The number of halogens is 3. The largest absolute Gasteiger partial charge is 0.410 e. The first-order valence-corrected chi connectivity index (χ1v) is 11.6. The van der Waals surface area contributed by atoms with Crippen molar-refractivity contribution < 1.29 is 18.0 Å². The third-order valence-electron chi connectivity index (χ3n) is 6.42. The average Bonchev–Trinajstić information content (AvgIpc) is 3.40. The number of hydrogen-bond acceptors (Lipinski definition) is 4. The van der Waals surface area contributed by atoms with Crippen molar-refractivity contribution in [2.24, 2.45) is 0 Å². The molecule has 0 saturated heterocycles. The molecule has 1 aliphatic heterocycles. The van der Waals surface area contributed by atoms with E-state index in [0.717, 1.165) is 21.5 Å². The molecule has 0 saturated carbocycles. The number of hydrogen-bond donors (Lipinski definition) is 2. The normalized spacial score (nSPS) is 17.4. The van der Waals surface area contributed by atoms with Crippen molar-refractivity contribution >= 4 is 17.4 Å². The fourth-order valence-corrected chi connectivity index (χ4v) is 4.55. The van der Waals surface area contributed by atoms with Gasteiger partial charge in [0.05, 0.1) is 29.7 Å². The Kier molecular flexibility index (Phi) is 6.03. The summed E-state index contributed by atoms with van der Waals surface area (Å²) in [6.45, 7) is 4.14. The van der Waals surface area contributed by atoms with Crippen molar-refractivity contribution in [3.05, 3.63) is 94.9 Å². The van der Waals surface area contributed by atoms with Crippen LogP contribution >= 0.6 is 0 Å². The van der Waals surface area contributed by atoms with Crippen LogP contribution in [0, 0.1) is 13.8 Å². The lowest BCUT2D eigenvalue weighted by Crippen LogP contribution is -2.35. The average molecular weight is 495 g/mol. The van der Waals surface area contributed by atoms with Gasteiger partial charge < -0.3 is 10.6 Å². The lowest BCUT2D eigenvalue weighted by atomic mass is 9.97. The van der Waals surface area contributed by atoms with E-state index in [0.29, 0.717) is 17.9 Å². The monoisotopic (exact) mass is 494 g/mol. The van der Waals surface area contributed by atoms with E-state index >= 15 is 0 Å². The maximum absolute atomic E-state index is 14.0. The Morgan fingerprint density at radius 2 is 1.72 bits per heavy atom. The van der Waals surface area contributed by atoms with E-state index in [1.54, 1.807) is 35.9 Å². The standard InChI is InChI=1S/C26H25F3N6O/c1-16-24(17(2)34(32-16)15-18-9-5-3-6-10-18)31-25(36)21-14-23-30-20(19-11-7-4-8-12-19)13-22(26(27,28)29)35(23)33-21/h3-12,14,20,22,30H,13,15H2,1-2H3,(H,31,36). The minimum Gasteiger partial charge on any atom is -0.363 e. The second-order valence-corrected chi connectivity index (χ2v) is 8.90. The molecule has 0 radical (unpaired) electrons. The molecule has 5 rings (SSSR count). The summed E-state index contributed by atoms with van der Waals surface area (Å²) >= 11 is 0. The molecule has 10 heteroatoms. The van der Waals surface area contributed by atoms with E-state index in [1.165, 1.54) is 6.07 Å². The Morgan fingerprint density at radius 1 is 1.06 bits per heavy atom. The van der Waals surface area contributed by atoms with Crippen molar-refractivity contribution in [3.63, 3.8) is 0 Å². The Bertz CT molecular complexity index is 1380. The zero-order valence-electron chi connectivity index (χ0n) is 19.8. The summed E-state index contributed by atoms with van der Waals surface area (Å²) in [5, 5.41) is 14.5. The molecule has 2 N–H and O–H groups in total. The molecule has 0 spiro atoms. The van der Waals surface area contributed by atoms with Gasteiger partial charge in [0.2, 0.25) is 0 Å². The van der Waals surface area contributed by atoms with Gasteiger partial charge in [-0.15, -0.1) is 0 Å². The highest BCUT2D eigenvalue weighted by molar-refractivity contribution is 6.04. The molecule has 0 aliphatic carbocycles. The SMILES string of the molecule is Cc1nn(Cc2ccccc2)c(C)c1NC(=O)c1cc2n(n1)C(C(F)(F)F)CC(c1ccccc1)N2. The van der Waals surface area contributed by atoms with Gasteiger partial charge >= 0.3 is 6.18 Å². The summed E-state index contributed by atoms with van der Waals surface area (Å²) in [5.74, 6) is -0.447. The lowest BCUT2D eigenvalue weighted by Gasteiger charge is -2.33. The molecule has 2 atom stereocenters. The molecule has 0 bridgehead atoms. The molecule has 0 fully saturated rings. The summed E-state index contributed by atoms with van der Waals surface area (Å²) < 4.78 is 44.5. The highest BCUT2D eigenvalue weighted by Crippen LogP contribution is 2.43. The van der Waals surface area contributed by atoms with Gasteiger partial charge in [-0.1, -0.05) is 60.7 Å². The van der Waals surface area contributed by atoms with Gasteiger partial charge in [-0.25, -0.2) is 4.68 Å². The molecule has 4 aromatic rings. The maximum Gasteiger partial charge on any atom is 0.410 e. The lowest BCUT2D eigenvalue weighted by molar-refractivity contribution is -0.173. The number of benzene rings is 2. The van der Waals surface area contributed by atoms with Crippen LogP contribution in [0.1, 0.15) is 51.5 Å². The van der Waals surface area contributed by atoms with Gasteiger partial charge in [0.25, 0.3) is 5.91 Å². The van der Waals surface area contributed by atoms with Crippen LogP contribution in [0.5, 0.6) is 0 Å². The Hall–Kier alpha value is -4.08. The van der Waals surface area contributed by atoms with E-state index in [2.05, 4.69) is 20.8 Å². The number of nitrogens with one attached hydrogen (secondary N) is 2. The molecular formula is C26H25F3N6O. The van der Waals surface area contributed by atoms with E-state index in [9.17, 15) is 18.0 Å². The number of carbonyl (C=O) groups is 1. The van der Waals surface area contributed by atoms with Crippen molar-refractivity contribution in [1.29, 1.82) is 0 Å². The van der Waals surface area contributed by atoms with Gasteiger partial charge in [-0.05, 0) is 25.0 Å². The first kappa shape index (κ1) is 23.7. The third-order valence-corrected chi connectivity index (χ3v) is 6.42. The van der Waals surface area contributed by atoms with Gasteiger partial charge in [-0.2, -0.15) is 23.4 Å². The smallest absolute Gasteiger partial charge is 0.363 e. The summed E-state index contributed by atoms with van der Waals surface area (Å²) in [6, 6.07) is 17.7. The molecular weight excluding hydrogens is 469 g/mol. The first-order chi connectivity index (χ1) is 17.2. The zero-order valence-corrected chi connectivity index (χ0v) is 19.8. The van der Waals surface area contributed by atoms with Crippen LogP contribution in [-0.2, 0) is 6.54 Å². The van der Waals surface area contributed by atoms with E-state index in [4.69, 9.17) is 0 Å². The third kappa shape index (κ3) is 4.58. The summed E-state index contributed by atoms with van der Waals surface area (Å²) in [5.41, 5.74) is 3.56. The van der Waals surface area contributed by atoms with Crippen molar-refractivity contribution in [3.8, 4) is 0 Å². The Morgan fingerprint density at radius 3 is 2.39 bits per heavy atom. The van der Waals surface area contributed by atoms with E-state index in [-0.39, 0.29) is 17.9 Å². The minimum absolute atomic E-state index is 0.102. The fourth-order valence-electron chi connectivity index (χ4n) is 4.55. The number of fused-ring (bicyclic) bond motifs is 1. The molecule has 3 heterocycles. The first-order valence-electron chi connectivity index (χ1n) is 11.6. The molecule has 1 aliphatic rings. The van der Waals surface area contributed by atoms with Crippen LogP contribution in [-0.4, -0.2) is 31.6 Å². The predicted molar refractivity (Wildman–Crippen MR) is 130 cm³/mol. The number of aromatic nitrogens is 4. The highest BCUT2D eigenvalue weighted by atomic mass is 19.4. The van der Waals surface area contributed by atoms with Crippen LogP contribution in [0.4, 0.5) is 24.7 Å². The maximum atomic E-state index is 14.0. The van der Waals surface area contributed by atoms with E-state index < -0.39 is 24.2 Å². The van der Waals surface area contributed by atoms with Crippen LogP contribution in [0.15, 0.2) is 66.7 Å². The highest BCUT2D eigenvalue weighted by Gasteiger charge is 2.46. The van der Waals surface area contributed by atoms with Crippen LogP contribution in [0.3, 0.4) is 0 Å². The van der Waals surface area contributed by atoms with E-state index in [1.807, 2.05) is 43.3 Å². The number of nitrogens with zero attached hydrogens (tertiary/aromatic N) is 4. The molecule has 2 aromatic carbocycles. The Balaban J connectivity index is 1.40. The summed E-state index contributed by atoms with van der Waals surface area (Å²) in [6.07, 6.45) is -4.75. The second kappa shape index (κ2) is 9.18. The summed E-state index contributed by atoms with van der Waals surface area (Å²) in [4.78, 5) is 13.1. The van der Waals surface area contributed by atoms with Crippen molar-refractivity contribution in [1.82, 2.24) is 19.6 Å². The number of aryl methyl sites for hydroxylation is 1. The molecule has 186 valence electrons. The number of alkyl halides is 3. The van der Waals surface area contributed by atoms with Gasteiger partial charge in [0.1, 0.15) is 5.82 Å². The Labute approximate surface area is 205 Å². The number of carbonyl (C=O) groups excluding carboxylic acids is 1. The van der Waals surface area contributed by atoms with Crippen molar-refractivity contribution in [2.45, 2.75) is 45.1 Å². The second-order valence-electron chi connectivity index (χ2n) is 8.90. The number of amides is 1. The quantitative estimate of drug-likeness (QED) is 0.376. The van der Waals surface area contributed by atoms with Gasteiger partial charge in [-0.3, -0.25) is 9.48 Å². The van der Waals surface area contributed by atoms with Crippen LogP contribution < -0.4 is 10.6 Å². The van der Waals surface area contributed by atoms with Gasteiger partial charge in [0.15, 0.2) is 11.7 Å². The van der Waals surface area contributed by atoms with Gasteiger partial charge in [0, 0.05) is 12.5 Å². The summed E-state index contributed by atoms with van der Waals surface area (Å²) in [7, 11) is 0. The number of rotatable bonds is 5. The molecule has 2 aromatic heterocycles.